The molecule has 6 heteroatoms. The number of aromatic nitrogens is 3. The second-order valence-electron chi connectivity index (χ2n) is 5.18. The van der Waals surface area contributed by atoms with Gasteiger partial charge in [-0.15, -0.1) is 10.2 Å². The fraction of sp³-hybridized carbons (Fsp3) is 0.176. The Balaban J connectivity index is 1.89. The molecule has 0 spiro atoms. The second-order valence-corrected chi connectivity index (χ2v) is 6.53. The average molecular weight is 348 g/mol. The first-order valence-electron chi connectivity index (χ1n) is 7.11. The number of hydrogen-bond acceptors (Lipinski definition) is 3. The van der Waals surface area contributed by atoms with Crippen LogP contribution in [-0.2, 0) is 5.75 Å². The molecule has 0 aliphatic heterocycles. The fourth-order valence-electron chi connectivity index (χ4n) is 2.31. The van der Waals surface area contributed by atoms with Gasteiger partial charge >= 0.3 is 0 Å². The number of rotatable bonds is 4. The monoisotopic (exact) mass is 347 g/mol. The molecule has 0 saturated carbocycles. The summed E-state index contributed by atoms with van der Waals surface area (Å²) in [5, 5.41) is 9.65. The molecule has 0 saturated heterocycles. The summed E-state index contributed by atoms with van der Waals surface area (Å²) in [5.74, 6) is 1.10. The summed E-state index contributed by atoms with van der Waals surface area (Å²) in [6.45, 7) is 3.98. The number of nitrogens with zero attached hydrogens (tertiary/aromatic N) is 3. The fourth-order valence-corrected chi connectivity index (χ4v) is 3.62. The molecule has 1 aromatic heterocycles. The Morgan fingerprint density at radius 3 is 2.65 bits per heavy atom. The van der Waals surface area contributed by atoms with Crippen molar-refractivity contribution in [1.82, 2.24) is 14.8 Å². The lowest BCUT2D eigenvalue weighted by molar-refractivity contribution is 0.627. The van der Waals surface area contributed by atoms with Crippen LogP contribution in [0.2, 0.25) is 5.02 Å². The van der Waals surface area contributed by atoms with E-state index in [4.69, 9.17) is 11.6 Å². The number of para-hydroxylation sites is 1. The molecule has 118 valence electrons. The van der Waals surface area contributed by atoms with E-state index in [1.165, 1.54) is 23.9 Å². The van der Waals surface area contributed by atoms with Gasteiger partial charge in [-0.2, -0.15) is 0 Å². The smallest absolute Gasteiger partial charge is 0.196 e. The van der Waals surface area contributed by atoms with Crippen molar-refractivity contribution in [2.24, 2.45) is 0 Å². The standard InChI is InChI=1S/C17H15ClFN3S/c1-11-5-3-4-6-16(11)22-12(2)20-21-17(22)23-10-13-7-8-14(19)9-15(13)18/h3-9H,10H2,1-2H3. The van der Waals surface area contributed by atoms with E-state index in [1.54, 1.807) is 6.07 Å². The van der Waals surface area contributed by atoms with Gasteiger partial charge in [0.15, 0.2) is 5.16 Å². The molecule has 0 unspecified atom stereocenters. The van der Waals surface area contributed by atoms with Gasteiger partial charge in [0.25, 0.3) is 0 Å². The van der Waals surface area contributed by atoms with Crippen molar-refractivity contribution in [3.63, 3.8) is 0 Å². The van der Waals surface area contributed by atoms with Gasteiger partial charge < -0.3 is 0 Å². The van der Waals surface area contributed by atoms with Gasteiger partial charge in [-0.3, -0.25) is 4.57 Å². The van der Waals surface area contributed by atoms with Gasteiger partial charge in [-0.25, -0.2) is 4.39 Å². The van der Waals surface area contributed by atoms with E-state index in [1.807, 2.05) is 29.7 Å². The molecular weight excluding hydrogens is 333 g/mol. The molecule has 0 bridgehead atoms. The van der Waals surface area contributed by atoms with Crippen molar-refractivity contribution in [2.75, 3.05) is 0 Å². The van der Waals surface area contributed by atoms with Crippen LogP contribution in [0, 0.1) is 19.7 Å². The number of benzene rings is 2. The zero-order valence-corrected chi connectivity index (χ0v) is 14.3. The first-order valence-corrected chi connectivity index (χ1v) is 8.47. The van der Waals surface area contributed by atoms with Crippen molar-refractivity contribution in [3.8, 4) is 5.69 Å². The largest absolute Gasteiger partial charge is 0.274 e. The summed E-state index contributed by atoms with van der Waals surface area (Å²) in [7, 11) is 0. The number of thioether (sulfide) groups is 1. The van der Waals surface area contributed by atoms with E-state index < -0.39 is 0 Å². The van der Waals surface area contributed by atoms with Crippen LogP contribution in [0.25, 0.3) is 5.69 Å². The van der Waals surface area contributed by atoms with Crippen molar-refractivity contribution in [2.45, 2.75) is 24.8 Å². The third-order valence-corrected chi connectivity index (χ3v) is 4.85. The number of aryl methyl sites for hydroxylation is 2. The van der Waals surface area contributed by atoms with Crippen molar-refractivity contribution < 1.29 is 4.39 Å². The third kappa shape index (κ3) is 3.41. The summed E-state index contributed by atoms with van der Waals surface area (Å²) < 4.78 is 15.2. The summed E-state index contributed by atoms with van der Waals surface area (Å²) in [6.07, 6.45) is 0. The highest BCUT2D eigenvalue weighted by Gasteiger charge is 2.14. The molecule has 3 aromatic rings. The zero-order chi connectivity index (χ0) is 16.4. The minimum absolute atomic E-state index is 0.331. The molecule has 0 fully saturated rings. The number of halogens is 2. The van der Waals surface area contributed by atoms with Gasteiger partial charge in [0.1, 0.15) is 11.6 Å². The predicted molar refractivity (Wildman–Crippen MR) is 91.8 cm³/mol. The molecule has 0 amide bonds. The Kier molecular flexibility index (Phi) is 4.68. The molecule has 0 aliphatic carbocycles. The van der Waals surface area contributed by atoms with Crippen LogP contribution in [0.15, 0.2) is 47.6 Å². The Morgan fingerprint density at radius 1 is 1.13 bits per heavy atom. The first kappa shape index (κ1) is 16.0. The lowest BCUT2D eigenvalue weighted by Crippen LogP contribution is -2.01. The maximum Gasteiger partial charge on any atom is 0.196 e. The van der Waals surface area contributed by atoms with E-state index in [2.05, 4.69) is 23.2 Å². The maximum atomic E-state index is 13.1. The van der Waals surface area contributed by atoms with E-state index in [0.29, 0.717) is 10.8 Å². The molecule has 0 aliphatic rings. The van der Waals surface area contributed by atoms with Gasteiger partial charge in [0.2, 0.25) is 0 Å². The minimum atomic E-state index is -0.331. The normalized spacial score (nSPS) is 11.0. The van der Waals surface area contributed by atoms with Gasteiger partial charge in [-0.05, 0) is 43.2 Å². The zero-order valence-electron chi connectivity index (χ0n) is 12.8. The van der Waals surface area contributed by atoms with Gasteiger partial charge in [0.05, 0.1) is 5.69 Å². The first-order chi connectivity index (χ1) is 11.1. The SMILES string of the molecule is Cc1ccccc1-n1c(C)nnc1SCc1ccc(F)cc1Cl. The molecule has 3 rings (SSSR count). The summed E-state index contributed by atoms with van der Waals surface area (Å²) in [5.41, 5.74) is 3.08. The average Bonchev–Trinajstić information content (AvgIpc) is 2.88. The maximum absolute atomic E-state index is 13.1. The Morgan fingerprint density at radius 2 is 1.91 bits per heavy atom. The molecule has 0 radical (unpaired) electrons. The van der Waals surface area contributed by atoms with Crippen molar-refractivity contribution >= 4 is 23.4 Å². The van der Waals surface area contributed by atoms with Crippen molar-refractivity contribution in [3.05, 3.63) is 70.3 Å². The predicted octanol–water partition coefficient (Wildman–Crippen LogP) is 4.97. The lowest BCUT2D eigenvalue weighted by atomic mass is 10.2. The molecule has 2 aromatic carbocycles. The summed E-state index contributed by atoms with van der Waals surface area (Å²) in [6, 6.07) is 12.5. The lowest BCUT2D eigenvalue weighted by Gasteiger charge is -2.11. The van der Waals surface area contributed by atoms with E-state index in [9.17, 15) is 4.39 Å². The van der Waals surface area contributed by atoms with Crippen LogP contribution in [0.3, 0.4) is 0 Å². The van der Waals surface area contributed by atoms with Gasteiger partial charge in [-0.1, -0.05) is 47.6 Å². The van der Waals surface area contributed by atoms with E-state index >= 15 is 0 Å². The van der Waals surface area contributed by atoms with E-state index in [0.717, 1.165) is 27.8 Å². The molecule has 0 atom stereocenters. The van der Waals surface area contributed by atoms with Gasteiger partial charge in [0, 0.05) is 10.8 Å². The van der Waals surface area contributed by atoms with Crippen LogP contribution < -0.4 is 0 Å². The Hall–Kier alpha value is -1.85. The molecular formula is C17H15ClFN3S. The third-order valence-electron chi connectivity index (χ3n) is 3.52. The summed E-state index contributed by atoms with van der Waals surface area (Å²) >= 11 is 7.61. The topological polar surface area (TPSA) is 30.7 Å². The minimum Gasteiger partial charge on any atom is -0.274 e. The Labute approximate surface area is 143 Å². The highest BCUT2D eigenvalue weighted by Crippen LogP contribution is 2.29. The number of hydrogen-bond donors (Lipinski definition) is 0. The highest BCUT2D eigenvalue weighted by atomic mass is 35.5. The van der Waals surface area contributed by atoms with Crippen molar-refractivity contribution in [1.29, 1.82) is 0 Å². The molecule has 1 heterocycles. The van der Waals surface area contributed by atoms with Crippen LogP contribution in [0.4, 0.5) is 4.39 Å². The molecule has 0 N–H and O–H groups in total. The highest BCUT2D eigenvalue weighted by molar-refractivity contribution is 7.98. The van der Waals surface area contributed by atoms with Crippen LogP contribution in [0.5, 0.6) is 0 Å². The quantitative estimate of drug-likeness (QED) is 0.624. The Bertz CT molecular complexity index is 848. The molecule has 23 heavy (non-hydrogen) atoms. The van der Waals surface area contributed by atoms with Crippen LogP contribution in [0.1, 0.15) is 17.0 Å². The second kappa shape index (κ2) is 6.72. The molecule has 3 nitrogen and oxygen atoms in total. The van der Waals surface area contributed by atoms with E-state index in [-0.39, 0.29) is 5.82 Å². The summed E-state index contributed by atoms with van der Waals surface area (Å²) in [4.78, 5) is 0. The van der Waals surface area contributed by atoms with Crippen LogP contribution in [-0.4, -0.2) is 14.8 Å². The van der Waals surface area contributed by atoms with Crippen LogP contribution >= 0.6 is 23.4 Å².